The van der Waals surface area contributed by atoms with Gasteiger partial charge in [-0.05, 0) is 19.3 Å². The maximum absolute atomic E-state index is 12.4. The third-order valence-corrected chi connectivity index (χ3v) is 6.41. The molecule has 2 aliphatic rings. The summed E-state index contributed by atoms with van der Waals surface area (Å²) in [6.07, 6.45) is 8.21. The van der Waals surface area contributed by atoms with Crippen molar-refractivity contribution in [3.63, 3.8) is 0 Å². The molecule has 0 bridgehead atoms. The molecular weight excluding hydrogens is 316 g/mol. The number of carbonyl (C=O) groups excluding carboxylic acids is 1. The molecule has 0 spiro atoms. The minimum Gasteiger partial charge on any atom is -0.351 e. The third kappa shape index (κ3) is 3.80. The second-order valence-electron chi connectivity index (χ2n) is 6.39. The van der Waals surface area contributed by atoms with Gasteiger partial charge in [-0.3, -0.25) is 4.79 Å². The maximum atomic E-state index is 12.4. The molecule has 1 aromatic rings. The zero-order valence-electron chi connectivity index (χ0n) is 13.2. The van der Waals surface area contributed by atoms with Crippen LogP contribution in [0.25, 0.3) is 0 Å². The largest absolute Gasteiger partial charge is 0.351 e. The predicted octanol–water partition coefficient (Wildman–Crippen LogP) is 1.09. The molecule has 2 fully saturated rings. The Morgan fingerprint density at radius 2 is 1.87 bits per heavy atom. The van der Waals surface area contributed by atoms with Crippen molar-refractivity contribution in [1.29, 1.82) is 0 Å². The molecule has 3 rings (SSSR count). The van der Waals surface area contributed by atoms with Crippen LogP contribution in [-0.4, -0.2) is 59.8 Å². The summed E-state index contributed by atoms with van der Waals surface area (Å²) in [7, 11) is -1.37. The van der Waals surface area contributed by atoms with Crippen LogP contribution in [0.4, 0.5) is 5.95 Å². The van der Waals surface area contributed by atoms with Crippen molar-refractivity contribution >= 4 is 21.7 Å². The van der Waals surface area contributed by atoms with Crippen molar-refractivity contribution in [2.75, 3.05) is 23.9 Å². The second-order valence-corrected chi connectivity index (χ2v) is 8.62. The number of nitrogens with zero attached hydrogens (tertiary/aromatic N) is 3. The summed E-state index contributed by atoms with van der Waals surface area (Å²) in [6, 6.07) is 0.159. The first kappa shape index (κ1) is 16.2. The Morgan fingerprint density at radius 1 is 1.22 bits per heavy atom. The van der Waals surface area contributed by atoms with Crippen LogP contribution in [-0.2, 0) is 9.84 Å². The fourth-order valence-corrected chi connectivity index (χ4v) is 4.99. The number of rotatable bonds is 4. The van der Waals surface area contributed by atoms with E-state index >= 15 is 0 Å². The molecule has 1 amide bonds. The molecule has 1 atom stereocenters. The van der Waals surface area contributed by atoms with Crippen LogP contribution >= 0.6 is 0 Å². The van der Waals surface area contributed by atoms with Crippen molar-refractivity contribution in [2.24, 2.45) is 0 Å². The van der Waals surface area contributed by atoms with E-state index in [0.29, 0.717) is 24.0 Å². The highest BCUT2D eigenvalue weighted by Crippen LogP contribution is 2.21. The average Bonchev–Trinajstić information content (AvgIpc) is 3.16. The van der Waals surface area contributed by atoms with Crippen LogP contribution in [0.5, 0.6) is 0 Å². The lowest BCUT2D eigenvalue weighted by Crippen LogP contribution is -2.38. The molecule has 2 heterocycles. The van der Waals surface area contributed by atoms with Gasteiger partial charge in [0.2, 0.25) is 5.95 Å². The molecular formula is C15H22N4O3S. The van der Waals surface area contributed by atoms with E-state index in [4.69, 9.17) is 0 Å². The lowest BCUT2D eigenvalue weighted by Gasteiger charge is -2.23. The summed E-state index contributed by atoms with van der Waals surface area (Å²) < 4.78 is 23.1. The van der Waals surface area contributed by atoms with Crippen LogP contribution in [0.2, 0.25) is 0 Å². The fraction of sp³-hybridized carbons (Fsp3) is 0.667. The molecule has 0 radical (unpaired) electrons. The number of anilines is 1. The first-order chi connectivity index (χ1) is 10.9. The normalized spacial score (nSPS) is 23.8. The number of amides is 1. The zero-order chi connectivity index (χ0) is 16.4. The summed E-state index contributed by atoms with van der Waals surface area (Å²) in [5, 5.41) is 3.28. The van der Waals surface area contributed by atoms with Crippen LogP contribution in [0.15, 0.2) is 12.4 Å². The van der Waals surface area contributed by atoms with E-state index in [9.17, 15) is 13.2 Å². The molecule has 1 aromatic heterocycles. The molecule has 1 unspecified atom stereocenters. The smallest absolute Gasteiger partial charge is 0.257 e. The van der Waals surface area contributed by atoms with Crippen LogP contribution in [0.3, 0.4) is 0 Å². The molecule has 1 N–H and O–H groups in total. The van der Waals surface area contributed by atoms with Crippen molar-refractivity contribution in [3.05, 3.63) is 18.0 Å². The lowest BCUT2D eigenvalue weighted by atomic mass is 10.2. The van der Waals surface area contributed by atoms with E-state index in [-0.39, 0.29) is 23.5 Å². The minimum atomic E-state index is -3.01. The Kier molecular flexibility index (Phi) is 4.52. The van der Waals surface area contributed by atoms with Gasteiger partial charge in [0.15, 0.2) is 9.84 Å². The topological polar surface area (TPSA) is 92.3 Å². The van der Waals surface area contributed by atoms with Gasteiger partial charge in [-0.15, -0.1) is 0 Å². The molecule has 1 saturated carbocycles. The molecule has 23 heavy (non-hydrogen) atoms. The first-order valence-corrected chi connectivity index (χ1v) is 9.83. The van der Waals surface area contributed by atoms with Gasteiger partial charge in [0, 0.05) is 31.5 Å². The number of hydrogen-bond acceptors (Lipinski definition) is 6. The number of hydrogen-bond donors (Lipinski definition) is 1. The van der Waals surface area contributed by atoms with E-state index in [1.165, 1.54) is 30.1 Å². The van der Waals surface area contributed by atoms with Crippen molar-refractivity contribution < 1.29 is 13.2 Å². The SMILES string of the molecule is CN(C(=O)c1cnc(NC2CCCC2)nc1)C1CCS(=O)(=O)C1. The number of sulfone groups is 1. The van der Waals surface area contributed by atoms with E-state index < -0.39 is 9.84 Å². The van der Waals surface area contributed by atoms with Crippen molar-refractivity contribution in [3.8, 4) is 0 Å². The Bertz CT molecular complexity index is 668. The highest BCUT2D eigenvalue weighted by molar-refractivity contribution is 7.91. The minimum absolute atomic E-state index is 0.0391. The van der Waals surface area contributed by atoms with E-state index in [0.717, 1.165) is 12.8 Å². The Morgan fingerprint density at radius 3 is 2.43 bits per heavy atom. The third-order valence-electron chi connectivity index (χ3n) is 4.66. The molecule has 7 nitrogen and oxygen atoms in total. The van der Waals surface area contributed by atoms with E-state index in [2.05, 4.69) is 15.3 Å². The van der Waals surface area contributed by atoms with Gasteiger partial charge in [0.1, 0.15) is 0 Å². The van der Waals surface area contributed by atoms with E-state index in [1.54, 1.807) is 7.05 Å². The van der Waals surface area contributed by atoms with Gasteiger partial charge < -0.3 is 10.2 Å². The zero-order valence-corrected chi connectivity index (χ0v) is 14.1. The summed E-state index contributed by atoms with van der Waals surface area (Å²) in [4.78, 5) is 22.3. The summed E-state index contributed by atoms with van der Waals surface area (Å²) in [5.74, 6) is 0.493. The monoisotopic (exact) mass is 338 g/mol. The molecule has 0 aromatic carbocycles. The molecule has 1 saturated heterocycles. The molecule has 8 heteroatoms. The summed E-state index contributed by atoms with van der Waals surface area (Å²) in [6.45, 7) is 0. The summed E-state index contributed by atoms with van der Waals surface area (Å²) in [5.41, 5.74) is 0.383. The van der Waals surface area contributed by atoms with Crippen LogP contribution in [0.1, 0.15) is 42.5 Å². The number of aromatic nitrogens is 2. The van der Waals surface area contributed by atoms with Gasteiger partial charge in [-0.25, -0.2) is 18.4 Å². The average molecular weight is 338 g/mol. The van der Waals surface area contributed by atoms with Gasteiger partial charge in [0.05, 0.1) is 17.1 Å². The Hall–Kier alpha value is -1.70. The first-order valence-electron chi connectivity index (χ1n) is 8.01. The number of nitrogens with one attached hydrogen (secondary N) is 1. The fourth-order valence-electron chi connectivity index (χ4n) is 3.22. The molecule has 1 aliphatic carbocycles. The predicted molar refractivity (Wildman–Crippen MR) is 87.1 cm³/mol. The van der Waals surface area contributed by atoms with Gasteiger partial charge in [-0.1, -0.05) is 12.8 Å². The van der Waals surface area contributed by atoms with Crippen molar-refractivity contribution in [2.45, 2.75) is 44.2 Å². The summed E-state index contributed by atoms with van der Waals surface area (Å²) >= 11 is 0. The molecule has 1 aliphatic heterocycles. The Labute approximate surface area is 136 Å². The highest BCUT2D eigenvalue weighted by Gasteiger charge is 2.33. The molecule has 126 valence electrons. The maximum Gasteiger partial charge on any atom is 0.257 e. The lowest BCUT2D eigenvalue weighted by molar-refractivity contribution is 0.0747. The second kappa shape index (κ2) is 6.43. The quantitative estimate of drug-likeness (QED) is 0.883. The number of carbonyl (C=O) groups is 1. The highest BCUT2D eigenvalue weighted by atomic mass is 32.2. The van der Waals surface area contributed by atoms with Gasteiger partial charge in [-0.2, -0.15) is 0 Å². The standard InChI is InChI=1S/C15H22N4O3S/c1-19(13-6-7-23(21,22)10-13)14(20)11-8-16-15(17-9-11)18-12-4-2-3-5-12/h8-9,12-13H,2-7,10H2,1H3,(H,16,17,18). The van der Waals surface area contributed by atoms with Gasteiger partial charge >= 0.3 is 0 Å². The van der Waals surface area contributed by atoms with Gasteiger partial charge in [0.25, 0.3) is 5.91 Å². The van der Waals surface area contributed by atoms with Crippen LogP contribution < -0.4 is 5.32 Å². The Balaban J connectivity index is 1.63. The van der Waals surface area contributed by atoms with E-state index in [1.807, 2.05) is 0 Å². The van der Waals surface area contributed by atoms with Crippen molar-refractivity contribution in [1.82, 2.24) is 14.9 Å². The van der Waals surface area contributed by atoms with Crippen LogP contribution in [0, 0.1) is 0 Å².